The summed E-state index contributed by atoms with van der Waals surface area (Å²) in [5.41, 5.74) is 3.24. The number of benzene rings is 2. The van der Waals surface area contributed by atoms with Crippen LogP contribution in [0.1, 0.15) is 43.7 Å². The van der Waals surface area contributed by atoms with E-state index in [1.165, 1.54) is 25.3 Å². The molecule has 2 aromatic rings. The SMILES string of the molecule is CC(C)c1cc(N(C)S(C)(=O)=O)cc(-c2ccc(F)cc2)c1/C=C/[C@H](O)C[C@H](O)CC(=O)O. The van der Waals surface area contributed by atoms with E-state index in [0.717, 1.165) is 16.1 Å². The van der Waals surface area contributed by atoms with Gasteiger partial charge in [-0.25, -0.2) is 12.8 Å². The molecule has 0 aliphatic rings. The predicted octanol–water partition coefficient (Wildman–Crippen LogP) is 3.61. The minimum absolute atomic E-state index is 0.0218. The molecule has 0 radical (unpaired) electrons. The van der Waals surface area contributed by atoms with Gasteiger partial charge in [-0.1, -0.05) is 38.1 Å². The molecular weight excluding hydrogens is 449 g/mol. The summed E-state index contributed by atoms with van der Waals surface area (Å²) in [4.78, 5) is 10.7. The van der Waals surface area contributed by atoms with Gasteiger partial charge in [-0.05, 0) is 52.4 Å². The molecule has 0 spiro atoms. The fourth-order valence-electron chi connectivity index (χ4n) is 3.41. The Morgan fingerprint density at radius 2 is 1.76 bits per heavy atom. The monoisotopic (exact) mass is 479 g/mol. The maximum absolute atomic E-state index is 13.5. The topological polar surface area (TPSA) is 115 Å². The molecule has 0 aromatic heterocycles. The molecule has 0 unspecified atom stereocenters. The van der Waals surface area contributed by atoms with Crippen molar-refractivity contribution in [2.45, 2.75) is 44.8 Å². The third kappa shape index (κ3) is 7.38. The Bertz CT molecular complexity index is 1110. The van der Waals surface area contributed by atoms with E-state index in [1.807, 2.05) is 13.8 Å². The van der Waals surface area contributed by atoms with Crippen molar-refractivity contribution in [1.29, 1.82) is 0 Å². The molecule has 2 aromatic carbocycles. The number of anilines is 1. The molecule has 0 aliphatic heterocycles. The minimum Gasteiger partial charge on any atom is -0.481 e. The molecule has 33 heavy (non-hydrogen) atoms. The fraction of sp³-hybridized carbons (Fsp3) is 0.375. The number of sulfonamides is 1. The smallest absolute Gasteiger partial charge is 0.305 e. The summed E-state index contributed by atoms with van der Waals surface area (Å²) in [5.74, 6) is -1.59. The van der Waals surface area contributed by atoms with E-state index in [1.54, 1.807) is 30.3 Å². The number of aliphatic carboxylic acids is 1. The summed E-state index contributed by atoms with van der Waals surface area (Å²) in [6.07, 6.45) is 1.30. The van der Waals surface area contributed by atoms with Crippen molar-refractivity contribution in [3.8, 4) is 11.1 Å². The normalized spacial score (nSPS) is 13.9. The highest BCUT2D eigenvalue weighted by molar-refractivity contribution is 7.92. The lowest BCUT2D eigenvalue weighted by molar-refractivity contribution is -0.139. The largest absolute Gasteiger partial charge is 0.481 e. The average Bonchev–Trinajstić information content (AvgIpc) is 2.70. The lowest BCUT2D eigenvalue weighted by Crippen LogP contribution is -2.25. The van der Waals surface area contributed by atoms with Gasteiger partial charge in [0.1, 0.15) is 5.82 Å². The van der Waals surface area contributed by atoms with Crippen molar-refractivity contribution >= 4 is 27.8 Å². The van der Waals surface area contributed by atoms with E-state index in [-0.39, 0.29) is 12.3 Å². The molecule has 2 atom stereocenters. The van der Waals surface area contributed by atoms with E-state index in [0.29, 0.717) is 22.4 Å². The van der Waals surface area contributed by atoms with Crippen LogP contribution in [-0.4, -0.2) is 55.2 Å². The molecule has 2 rings (SSSR count). The quantitative estimate of drug-likeness (QED) is 0.480. The van der Waals surface area contributed by atoms with Crippen LogP contribution < -0.4 is 4.31 Å². The Labute approximate surface area is 193 Å². The standard InChI is InChI=1S/C24H30FNO6S/c1-15(2)22-11-18(26(3)33(4,31)32)12-23(16-5-7-17(25)8-6-16)21(22)10-9-19(27)13-20(28)14-24(29)30/h5-12,15,19-20,27-28H,13-14H2,1-4H3,(H,29,30)/b10-9+/t19-,20-/m0/s1. The lowest BCUT2D eigenvalue weighted by Gasteiger charge is -2.23. The van der Waals surface area contributed by atoms with Crippen LogP contribution in [0.3, 0.4) is 0 Å². The van der Waals surface area contributed by atoms with Crippen LogP contribution in [-0.2, 0) is 14.8 Å². The summed E-state index contributed by atoms with van der Waals surface area (Å²) < 4.78 is 39.0. The summed E-state index contributed by atoms with van der Waals surface area (Å²) in [6.45, 7) is 3.89. The first-order chi connectivity index (χ1) is 15.3. The Balaban J connectivity index is 2.61. The number of halogens is 1. The molecule has 0 fully saturated rings. The number of nitrogens with zero attached hydrogens (tertiary/aromatic N) is 1. The van der Waals surface area contributed by atoms with E-state index < -0.39 is 40.4 Å². The number of carboxylic acid groups (broad SMARTS) is 1. The Hall–Kier alpha value is -2.75. The molecule has 180 valence electrons. The number of hydrogen-bond donors (Lipinski definition) is 3. The van der Waals surface area contributed by atoms with Gasteiger partial charge in [-0.2, -0.15) is 0 Å². The summed E-state index contributed by atoms with van der Waals surface area (Å²) >= 11 is 0. The van der Waals surface area contributed by atoms with Gasteiger partial charge in [0, 0.05) is 13.5 Å². The molecule has 0 saturated heterocycles. The maximum Gasteiger partial charge on any atom is 0.305 e. The zero-order valence-electron chi connectivity index (χ0n) is 19.1. The fourth-order valence-corrected chi connectivity index (χ4v) is 3.90. The van der Waals surface area contributed by atoms with E-state index in [9.17, 15) is 27.8 Å². The molecule has 7 nitrogen and oxygen atoms in total. The highest BCUT2D eigenvalue weighted by Crippen LogP contribution is 2.36. The third-order valence-corrected chi connectivity index (χ3v) is 6.45. The number of aliphatic hydroxyl groups excluding tert-OH is 2. The second-order valence-corrected chi connectivity index (χ2v) is 10.3. The van der Waals surface area contributed by atoms with Crippen molar-refractivity contribution in [2.75, 3.05) is 17.6 Å². The number of rotatable bonds is 10. The van der Waals surface area contributed by atoms with E-state index >= 15 is 0 Å². The van der Waals surface area contributed by atoms with Crippen LogP contribution in [0.15, 0.2) is 42.5 Å². The van der Waals surface area contributed by atoms with Crippen molar-refractivity contribution in [3.05, 3.63) is 59.4 Å². The van der Waals surface area contributed by atoms with Gasteiger partial charge in [0.2, 0.25) is 10.0 Å². The molecule has 0 amide bonds. The van der Waals surface area contributed by atoms with Crippen LogP contribution >= 0.6 is 0 Å². The first-order valence-corrected chi connectivity index (χ1v) is 12.3. The third-order valence-electron chi connectivity index (χ3n) is 5.24. The Kier molecular flexibility index (Phi) is 8.76. The average molecular weight is 480 g/mol. The maximum atomic E-state index is 13.5. The van der Waals surface area contributed by atoms with Gasteiger partial charge in [0.25, 0.3) is 0 Å². The zero-order chi connectivity index (χ0) is 24.9. The summed E-state index contributed by atoms with van der Waals surface area (Å²) in [6, 6.07) is 9.23. The first-order valence-electron chi connectivity index (χ1n) is 10.4. The second-order valence-electron chi connectivity index (χ2n) is 8.30. The van der Waals surface area contributed by atoms with Gasteiger partial charge in [0.15, 0.2) is 0 Å². The second kappa shape index (κ2) is 10.9. The number of aliphatic hydroxyl groups is 2. The van der Waals surface area contributed by atoms with Crippen molar-refractivity contribution < 1.29 is 32.9 Å². The Morgan fingerprint density at radius 3 is 2.27 bits per heavy atom. The van der Waals surface area contributed by atoms with Crippen LogP contribution in [0.25, 0.3) is 17.2 Å². The summed E-state index contributed by atoms with van der Waals surface area (Å²) in [7, 11) is -2.08. The van der Waals surface area contributed by atoms with Crippen LogP contribution in [0.5, 0.6) is 0 Å². The zero-order valence-corrected chi connectivity index (χ0v) is 19.9. The molecule has 3 N–H and O–H groups in total. The first kappa shape index (κ1) is 26.5. The van der Waals surface area contributed by atoms with E-state index in [2.05, 4.69) is 0 Å². The molecule has 0 aliphatic carbocycles. The summed E-state index contributed by atoms with van der Waals surface area (Å²) in [5, 5.41) is 28.9. The highest BCUT2D eigenvalue weighted by atomic mass is 32.2. The van der Waals surface area contributed by atoms with Gasteiger partial charge in [0.05, 0.1) is 30.6 Å². The number of hydrogen-bond acceptors (Lipinski definition) is 5. The Morgan fingerprint density at radius 1 is 1.15 bits per heavy atom. The van der Waals surface area contributed by atoms with Gasteiger partial charge in [-0.15, -0.1) is 0 Å². The highest BCUT2D eigenvalue weighted by Gasteiger charge is 2.20. The van der Waals surface area contributed by atoms with Gasteiger partial charge >= 0.3 is 5.97 Å². The van der Waals surface area contributed by atoms with Crippen molar-refractivity contribution in [1.82, 2.24) is 0 Å². The van der Waals surface area contributed by atoms with Crippen molar-refractivity contribution in [2.24, 2.45) is 0 Å². The minimum atomic E-state index is -3.53. The molecular formula is C24H30FNO6S. The predicted molar refractivity (Wildman–Crippen MR) is 127 cm³/mol. The van der Waals surface area contributed by atoms with Gasteiger partial charge < -0.3 is 15.3 Å². The van der Waals surface area contributed by atoms with Crippen LogP contribution in [0, 0.1) is 5.82 Å². The van der Waals surface area contributed by atoms with Crippen LogP contribution in [0.4, 0.5) is 10.1 Å². The molecule has 0 heterocycles. The number of carbonyl (C=O) groups is 1. The van der Waals surface area contributed by atoms with Gasteiger partial charge in [-0.3, -0.25) is 9.10 Å². The van der Waals surface area contributed by atoms with Crippen LogP contribution in [0.2, 0.25) is 0 Å². The van der Waals surface area contributed by atoms with E-state index in [4.69, 9.17) is 5.11 Å². The molecule has 0 saturated carbocycles. The lowest BCUT2D eigenvalue weighted by atomic mass is 9.88. The molecule has 9 heteroatoms. The molecule has 0 bridgehead atoms. The number of carboxylic acids is 1. The van der Waals surface area contributed by atoms with Crippen molar-refractivity contribution in [3.63, 3.8) is 0 Å².